The van der Waals surface area contributed by atoms with Crippen LogP contribution in [0.2, 0.25) is 0 Å². The maximum Gasteiger partial charge on any atom is 0.416 e. The van der Waals surface area contributed by atoms with Gasteiger partial charge in [-0.25, -0.2) is 4.98 Å². The normalized spacial score (nSPS) is 13.6. The van der Waals surface area contributed by atoms with Crippen LogP contribution in [0.15, 0.2) is 122 Å². The van der Waals surface area contributed by atoms with E-state index in [2.05, 4.69) is 4.98 Å². The van der Waals surface area contributed by atoms with Crippen LogP contribution in [0.3, 0.4) is 0 Å². The Balaban J connectivity index is 0.000000468. The van der Waals surface area contributed by atoms with Crippen molar-refractivity contribution >= 4 is 68.6 Å². The molecule has 6 rings (SSSR count). The van der Waals surface area contributed by atoms with Gasteiger partial charge in [0.1, 0.15) is 6.15 Å². The first-order valence-corrected chi connectivity index (χ1v) is 21.2. The lowest BCUT2D eigenvalue weighted by atomic mass is 9.12. The fourth-order valence-corrected chi connectivity index (χ4v) is 7.92. The van der Waals surface area contributed by atoms with E-state index in [1.807, 2.05) is 18.2 Å². The van der Waals surface area contributed by atoms with Crippen molar-refractivity contribution in [3.8, 4) is 0 Å². The number of alkyl halides is 27. The predicted molar refractivity (Wildman–Crippen MR) is 225 cm³/mol. The zero-order chi connectivity index (χ0) is 57.8. The van der Waals surface area contributed by atoms with Gasteiger partial charge in [-0.15, -0.1) is 0 Å². The molecule has 0 radical (unpaired) electrons. The Bertz CT molecular complexity index is 2640. The Labute approximate surface area is 424 Å². The van der Waals surface area contributed by atoms with Gasteiger partial charge in [-0.1, -0.05) is 114 Å². The Hall–Kier alpha value is -5.90. The summed E-state index contributed by atoms with van der Waals surface area (Å²) in [7, 11) is 0. The molecule has 0 amide bonds. The third kappa shape index (κ3) is 14.4. The fourth-order valence-electron chi connectivity index (χ4n) is 7.63. The van der Waals surface area contributed by atoms with Crippen LogP contribution < -0.4 is 26.4 Å². The van der Waals surface area contributed by atoms with Gasteiger partial charge in [-0.3, -0.25) is 4.79 Å². The van der Waals surface area contributed by atoms with E-state index in [9.17, 15) is 110 Å². The molecular formula is C45H22BCl3F24N2O. The minimum absolute atomic E-state index is 0.0212. The standard InChI is InChI=1S/C32H12BF24.C13H10Cl3N2O/c34-25(35,36)13-1-14(26(37,38)39)6-21(5-13)33(22-7-15(27(40,41)42)2-16(8-22)28(43,44)45,23-9-17(29(46,47)48)3-18(10-23)30(49,50)51)24-11-19(31(52,53)54)4-20(12-24)32(55,56)57;14-13(15,16)12-9-18(7-6-17-12)8-11(19)10-4-2-1-3-5-10/h1-12H;1-7,9H,8H2/q-1;+1. The molecule has 3 nitrogen and oxygen atoms in total. The molecule has 0 fully saturated rings. The molecule has 0 bridgehead atoms. The number of hydrogen-bond donors (Lipinski definition) is 0. The summed E-state index contributed by atoms with van der Waals surface area (Å²) < 4.78 is 341. The molecule has 6 aromatic rings. The van der Waals surface area contributed by atoms with E-state index in [4.69, 9.17) is 34.8 Å². The van der Waals surface area contributed by atoms with Gasteiger partial charge in [0.25, 0.3) is 0 Å². The van der Waals surface area contributed by atoms with Gasteiger partial charge in [0.05, 0.1) is 50.7 Å². The lowest BCUT2D eigenvalue weighted by Crippen LogP contribution is -2.75. The fraction of sp³-hybridized carbons (Fsp3) is 0.222. The number of ketones is 1. The summed E-state index contributed by atoms with van der Waals surface area (Å²) in [5.41, 5.74) is -29.3. The van der Waals surface area contributed by atoms with Crippen molar-refractivity contribution in [3.05, 3.63) is 177 Å². The van der Waals surface area contributed by atoms with Crippen molar-refractivity contribution in [3.63, 3.8) is 0 Å². The van der Waals surface area contributed by atoms with E-state index in [-0.39, 0.29) is 18.0 Å². The number of rotatable bonds is 7. The van der Waals surface area contributed by atoms with Crippen molar-refractivity contribution in [1.82, 2.24) is 4.98 Å². The number of benzene rings is 5. The molecule has 76 heavy (non-hydrogen) atoms. The lowest BCUT2D eigenvalue weighted by Gasteiger charge is -2.46. The van der Waals surface area contributed by atoms with E-state index >= 15 is 0 Å². The van der Waals surface area contributed by atoms with Crippen molar-refractivity contribution in [2.45, 2.75) is 59.7 Å². The smallest absolute Gasteiger partial charge is 0.287 e. The average Bonchev–Trinajstić information content (AvgIpc) is 3.27. The van der Waals surface area contributed by atoms with Gasteiger partial charge in [-0.2, -0.15) is 132 Å². The third-order valence-electron chi connectivity index (χ3n) is 10.9. The van der Waals surface area contributed by atoms with Gasteiger partial charge in [-0.05, 0) is 24.3 Å². The predicted octanol–water partition coefficient (Wildman–Crippen LogP) is 14.3. The molecule has 0 aliphatic rings. The Morgan fingerprint density at radius 1 is 0.408 bits per heavy atom. The number of carbonyl (C=O) groups excluding carboxylic acids is 1. The van der Waals surface area contributed by atoms with Crippen molar-refractivity contribution in [2.75, 3.05) is 0 Å². The van der Waals surface area contributed by atoms with Crippen molar-refractivity contribution < 1.29 is 115 Å². The van der Waals surface area contributed by atoms with Crippen LogP contribution in [0.5, 0.6) is 0 Å². The third-order valence-corrected chi connectivity index (χ3v) is 11.5. The molecule has 0 saturated heterocycles. The summed E-state index contributed by atoms with van der Waals surface area (Å²) in [6, 6.07) is 0.209. The molecule has 0 unspecified atom stereocenters. The summed E-state index contributed by atoms with van der Waals surface area (Å²) in [5, 5.41) is 0. The highest BCUT2D eigenvalue weighted by atomic mass is 35.6. The van der Waals surface area contributed by atoms with Gasteiger partial charge in [0.2, 0.25) is 16.1 Å². The van der Waals surface area contributed by atoms with Crippen molar-refractivity contribution in [1.29, 1.82) is 0 Å². The molecule has 0 aliphatic heterocycles. The first kappa shape index (κ1) is 61.0. The minimum atomic E-state index is -6.13. The number of Topliss-reactive ketones (excluding diaryl/α,β-unsaturated/α-hetero) is 1. The molecule has 1 heterocycles. The number of halogens is 27. The van der Waals surface area contributed by atoms with Gasteiger partial charge in [0.15, 0.2) is 18.1 Å². The molecule has 5 aromatic carbocycles. The highest BCUT2D eigenvalue weighted by Crippen LogP contribution is 2.42. The molecule has 0 atom stereocenters. The first-order chi connectivity index (χ1) is 34.2. The minimum Gasteiger partial charge on any atom is -0.287 e. The van der Waals surface area contributed by atoms with E-state index in [0.717, 1.165) is 0 Å². The van der Waals surface area contributed by atoms with E-state index in [1.54, 1.807) is 29.1 Å². The van der Waals surface area contributed by atoms with Crippen LogP contribution in [0.25, 0.3) is 0 Å². The highest BCUT2D eigenvalue weighted by molar-refractivity contribution is 7.20. The Morgan fingerprint density at radius 2 is 0.658 bits per heavy atom. The molecule has 0 aliphatic carbocycles. The summed E-state index contributed by atoms with van der Waals surface area (Å²) in [5.74, 6) is -0.0212. The second-order valence-electron chi connectivity index (χ2n) is 16.1. The van der Waals surface area contributed by atoms with Crippen LogP contribution in [-0.2, 0) is 59.7 Å². The molecule has 31 heteroatoms. The zero-order valence-corrected chi connectivity index (χ0v) is 38.6. The average molecular weight is 1180 g/mol. The topological polar surface area (TPSA) is 33.8 Å². The van der Waals surface area contributed by atoms with E-state index in [1.165, 1.54) is 6.20 Å². The molecule has 0 saturated carbocycles. The second kappa shape index (κ2) is 20.8. The SMILES string of the molecule is FC(F)(F)c1cc([B-](c2cc(C(F)(F)F)cc(C(F)(F)F)c2)(c2cc(C(F)(F)F)cc(C(F)(F)F)c2)c2cc(C(F)(F)F)cc(C(F)(F)F)c2)cc(C(F)(F)F)c1.O=C(C[n+]1ccnc(C(Cl)(Cl)Cl)c1)c1ccccc1. The van der Waals surface area contributed by atoms with Crippen LogP contribution in [-0.4, -0.2) is 16.9 Å². The van der Waals surface area contributed by atoms with Crippen LogP contribution in [0.1, 0.15) is 60.6 Å². The largest absolute Gasteiger partial charge is 0.416 e. The summed E-state index contributed by atoms with van der Waals surface area (Å²) >= 11 is 17.3. The summed E-state index contributed by atoms with van der Waals surface area (Å²) in [6.07, 6.45) is -50.1. The molecule has 1 aromatic heterocycles. The number of aromatic nitrogens is 2. The lowest BCUT2D eigenvalue weighted by molar-refractivity contribution is -0.684. The molecule has 0 spiro atoms. The van der Waals surface area contributed by atoms with E-state index in [0.29, 0.717) is 5.56 Å². The highest BCUT2D eigenvalue weighted by Gasteiger charge is 2.47. The van der Waals surface area contributed by atoms with Gasteiger partial charge < -0.3 is 0 Å². The maximum absolute atomic E-state index is 14.2. The molecule has 0 N–H and O–H groups in total. The Kier molecular flexibility index (Phi) is 16.7. The van der Waals surface area contributed by atoms with Crippen LogP contribution >= 0.6 is 34.8 Å². The monoisotopic (exact) mass is 1180 g/mol. The summed E-state index contributed by atoms with van der Waals surface area (Å²) in [6.45, 7) is 0.167. The second-order valence-corrected chi connectivity index (χ2v) is 18.4. The molecular weight excluding hydrogens is 1160 g/mol. The maximum atomic E-state index is 14.2. The van der Waals surface area contributed by atoms with E-state index < -0.39 is 199 Å². The molecule has 410 valence electrons. The van der Waals surface area contributed by atoms with Crippen LogP contribution in [0.4, 0.5) is 105 Å². The summed E-state index contributed by atoms with van der Waals surface area (Å²) in [4.78, 5) is 16.0. The van der Waals surface area contributed by atoms with Crippen LogP contribution in [0, 0.1) is 0 Å². The first-order valence-electron chi connectivity index (χ1n) is 20.1. The number of hydrogen-bond acceptors (Lipinski definition) is 2. The Morgan fingerprint density at radius 3 is 0.882 bits per heavy atom. The zero-order valence-electron chi connectivity index (χ0n) is 36.3. The number of nitrogens with zero attached hydrogens (tertiary/aromatic N) is 2. The quantitative estimate of drug-likeness (QED) is 0.0525. The van der Waals surface area contributed by atoms with Gasteiger partial charge in [0, 0.05) is 5.56 Å². The van der Waals surface area contributed by atoms with Crippen molar-refractivity contribution in [2.24, 2.45) is 0 Å². The van der Waals surface area contributed by atoms with Gasteiger partial charge >= 0.3 is 49.4 Å². The number of carbonyl (C=O) groups is 1.